The maximum atomic E-state index is 12.6. The molecule has 5 heteroatoms. The quantitative estimate of drug-likeness (QED) is 0.880. The van der Waals surface area contributed by atoms with Crippen LogP contribution in [0.15, 0.2) is 41.0 Å². The number of nitrogens with one attached hydrogen (secondary N) is 1. The number of carbonyl (C=O) groups excluding carboxylic acids is 2. The van der Waals surface area contributed by atoms with Gasteiger partial charge in [-0.15, -0.1) is 0 Å². The molecule has 1 saturated heterocycles. The third kappa shape index (κ3) is 2.55. The van der Waals surface area contributed by atoms with Crippen LogP contribution in [0.4, 0.5) is 5.69 Å². The van der Waals surface area contributed by atoms with Crippen LogP contribution in [0.2, 0.25) is 0 Å². The summed E-state index contributed by atoms with van der Waals surface area (Å²) >= 11 is 0. The van der Waals surface area contributed by atoms with Crippen LogP contribution in [0.3, 0.4) is 0 Å². The number of benzene rings is 1. The Balaban J connectivity index is 1.78. The van der Waals surface area contributed by atoms with Gasteiger partial charge < -0.3 is 4.42 Å². The molecule has 1 aromatic heterocycles. The summed E-state index contributed by atoms with van der Waals surface area (Å²) in [5.74, 6) is 0.367. The molecule has 0 bridgehead atoms. The van der Waals surface area contributed by atoms with E-state index in [0.717, 1.165) is 16.9 Å². The van der Waals surface area contributed by atoms with Gasteiger partial charge in [0.1, 0.15) is 5.76 Å². The van der Waals surface area contributed by atoms with Crippen molar-refractivity contribution in [2.24, 2.45) is 0 Å². The van der Waals surface area contributed by atoms with Crippen molar-refractivity contribution in [3.8, 4) is 0 Å². The van der Waals surface area contributed by atoms with Crippen LogP contribution >= 0.6 is 0 Å². The van der Waals surface area contributed by atoms with Gasteiger partial charge >= 0.3 is 0 Å². The van der Waals surface area contributed by atoms with E-state index in [1.165, 1.54) is 4.90 Å². The summed E-state index contributed by atoms with van der Waals surface area (Å²) in [6.45, 7) is 4.32. The normalized spacial score (nSPS) is 18.3. The average molecular weight is 298 g/mol. The Morgan fingerprint density at radius 3 is 2.77 bits per heavy atom. The number of rotatable bonds is 4. The molecular weight excluding hydrogens is 280 g/mol. The maximum Gasteiger partial charge on any atom is 0.251 e. The second-order valence-corrected chi connectivity index (χ2v) is 5.50. The summed E-state index contributed by atoms with van der Waals surface area (Å²) in [6, 6.07) is 8.76. The number of imide groups is 1. The second-order valence-electron chi connectivity index (χ2n) is 5.50. The Morgan fingerprint density at radius 2 is 2.05 bits per heavy atom. The van der Waals surface area contributed by atoms with E-state index in [0.29, 0.717) is 12.2 Å². The van der Waals surface area contributed by atoms with Gasteiger partial charge in [0, 0.05) is 0 Å². The first-order chi connectivity index (χ1) is 10.6. The van der Waals surface area contributed by atoms with E-state index in [1.807, 2.05) is 38.1 Å². The van der Waals surface area contributed by atoms with Crippen molar-refractivity contribution < 1.29 is 14.0 Å². The van der Waals surface area contributed by atoms with E-state index in [2.05, 4.69) is 5.32 Å². The lowest BCUT2D eigenvalue weighted by atomic mass is 10.1. The van der Waals surface area contributed by atoms with Gasteiger partial charge in [-0.2, -0.15) is 0 Å². The largest absolute Gasteiger partial charge is 0.468 e. The molecule has 0 saturated carbocycles. The summed E-state index contributed by atoms with van der Waals surface area (Å²) in [4.78, 5) is 26.1. The van der Waals surface area contributed by atoms with Crippen molar-refractivity contribution in [1.29, 1.82) is 0 Å². The number of anilines is 1. The first-order valence-electron chi connectivity index (χ1n) is 7.26. The van der Waals surface area contributed by atoms with Crippen molar-refractivity contribution >= 4 is 17.5 Å². The summed E-state index contributed by atoms with van der Waals surface area (Å²) in [5.41, 5.74) is 2.69. The molecule has 0 radical (unpaired) electrons. The smallest absolute Gasteiger partial charge is 0.251 e. The zero-order chi connectivity index (χ0) is 15.7. The minimum atomic E-state index is -0.502. The number of nitrogens with zero attached hydrogens (tertiary/aromatic N) is 1. The highest BCUT2D eigenvalue weighted by Crippen LogP contribution is 2.28. The first kappa shape index (κ1) is 14.5. The number of hydrogen-bond acceptors (Lipinski definition) is 4. The van der Waals surface area contributed by atoms with Gasteiger partial charge in [-0.3, -0.25) is 14.9 Å². The number of amides is 2. The van der Waals surface area contributed by atoms with Crippen LogP contribution in [-0.4, -0.2) is 17.9 Å². The molecule has 22 heavy (non-hydrogen) atoms. The van der Waals surface area contributed by atoms with Crippen molar-refractivity contribution in [2.75, 3.05) is 4.90 Å². The van der Waals surface area contributed by atoms with Gasteiger partial charge in [-0.1, -0.05) is 12.1 Å². The molecule has 2 heterocycles. The van der Waals surface area contributed by atoms with Crippen molar-refractivity contribution in [2.45, 2.75) is 32.9 Å². The van der Waals surface area contributed by atoms with Gasteiger partial charge in [0.15, 0.2) is 0 Å². The molecule has 1 aliphatic heterocycles. The minimum absolute atomic E-state index is 0.171. The lowest BCUT2D eigenvalue weighted by molar-refractivity contribution is -0.121. The molecule has 1 aliphatic rings. The van der Waals surface area contributed by atoms with Gasteiger partial charge in [-0.05, 0) is 43.2 Å². The Bertz CT molecular complexity index is 707. The molecule has 1 N–H and O–H groups in total. The number of aryl methyl sites for hydroxylation is 1. The molecule has 1 fully saturated rings. The molecule has 114 valence electrons. The summed E-state index contributed by atoms with van der Waals surface area (Å²) in [5, 5.41) is 3.09. The molecule has 0 spiro atoms. The standard InChI is InChI=1S/C17H18N2O3/c1-11-5-3-7-15(12(11)2)19-16(20)9-14(17(19)21)18-10-13-6-4-8-22-13/h3-8,14,18H,9-10H2,1-2H3. The SMILES string of the molecule is Cc1cccc(N2C(=O)CC(NCc3ccco3)C2=O)c1C. The second kappa shape index (κ2) is 5.77. The molecule has 1 unspecified atom stereocenters. The van der Waals surface area contributed by atoms with Gasteiger partial charge in [0.25, 0.3) is 5.91 Å². The van der Waals surface area contributed by atoms with E-state index < -0.39 is 6.04 Å². The molecule has 0 aliphatic carbocycles. The van der Waals surface area contributed by atoms with Gasteiger partial charge in [0.2, 0.25) is 5.91 Å². The van der Waals surface area contributed by atoms with Crippen molar-refractivity contribution in [3.05, 3.63) is 53.5 Å². The monoisotopic (exact) mass is 298 g/mol. The number of furan rings is 1. The van der Waals surface area contributed by atoms with E-state index in [-0.39, 0.29) is 18.2 Å². The average Bonchev–Trinajstić information content (AvgIpc) is 3.09. The van der Waals surface area contributed by atoms with Crippen LogP contribution in [-0.2, 0) is 16.1 Å². The lowest BCUT2D eigenvalue weighted by Crippen LogP contribution is -2.38. The zero-order valence-corrected chi connectivity index (χ0v) is 12.6. The van der Waals surface area contributed by atoms with E-state index >= 15 is 0 Å². The lowest BCUT2D eigenvalue weighted by Gasteiger charge is -2.18. The van der Waals surface area contributed by atoms with E-state index in [4.69, 9.17) is 4.42 Å². The summed E-state index contributed by atoms with van der Waals surface area (Å²) in [6.07, 6.45) is 1.76. The highest BCUT2D eigenvalue weighted by molar-refractivity contribution is 6.22. The van der Waals surface area contributed by atoms with Crippen LogP contribution in [0.5, 0.6) is 0 Å². The van der Waals surface area contributed by atoms with Gasteiger partial charge in [-0.25, -0.2) is 4.90 Å². The Morgan fingerprint density at radius 1 is 1.23 bits per heavy atom. The van der Waals surface area contributed by atoms with Crippen LogP contribution in [0, 0.1) is 13.8 Å². The van der Waals surface area contributed by atoms with E-state index in [1.54, 1.807) is 12.3 Å². The Hall–Kier alpha value is -2.40. The molecule has 3 rings (SSSR count). The topological polar surface area (TPSA) is 62.6 Å². The summed E-state index contributed by atoms with van der Waals surface area (Å²) in [7, 11) is 0. The molecule has 5 nitrogen and oxygen atoms in total. The van der Waals surface area contributed by atoms with Crippen molar-refractivity contribution in [3.63, 3.8) is 0 Å². The number of carbonyl (C=O) groups is 2. The third-order valence-corrected chi connectivity index (χ3v) is 4.07. The highest BCUT2D eigenvalue weighted by Gasteiger charge is 2.39. The maximum absolute atomic E-state index is 12.6. The fraction of sp³-hybridized carbons (Fsp3) is 0.294. The van der Waals surface area contributed by atoms with Crippen LogP contribution < -0.4 is 10.2 Å². The molecule has 2 aromatic rings. The molecule has 1 atom stereocenters. The van der Waals surface area contributed by atoms with E-state index in [9.17, 15) is 9.59 Å². The molecule has 1 aromatic carbocycles. The van der Waals surface area contributed by atoms with Gasteiger partial charge in [0.05, 0.1) is 31.0 Å². The zero-order valence-electron chi connectivity index (χ0n) is 12.6. The molecule has 2 amide bonds. The predicted octanol–water partition coefficient (Wildman–Crippen LogP) is 2.32. The first-order valence-corrected chi connectivity index (χ1v) is 7.26. The fourth-order valence-corrected chi connectivity index (χ4v) is 2.66. The Labute approximate surface area is 128 Å². The number of hydrogen-bond donors (Lipinski definition) is 1. The predicted molar refractivity (Wildman–Crippen MR) is 82.4 cm³/mol. The Kier molecular flexibility index (Phi) is 3.81. The van der Waals surface area contributed by atoms with Crippen LogP contribution in [0.1, 0.15) is 23.3 Å². The highest BCUT2D eigenvalue weighted by atomic mass is 16.3. The van der Waals surface area contributed by atoms with Crippen molar-refractivity contribution in [1.82, 2.24) is 5.32 Å². The third-order valence-electron chi connectivity index (χ3n) is 4.07. The minimum Gasteiger partial charge on any atom is -0.468 e. The molecular formula is C17H18N2O3. The van der Waals surface area contributed by atoms with Crippen LogP contribution in [0.25, 0.3) is 0 Å². The fourth-order valence-electron chi connectivity index (χ4n) is 2.66. The summed E-state index contributed by atoms with van der Waals surface area (Å²) < 4.78 is 5.23.